The SMILES string of the molecule is Nc1noc(-c2ccc(=O)[nH]c2)c1-c1cccnc1. The molecule has 3 N–H and O–H groups in total. The summed E-state index contributed by atoms with van der Waals surface area (Å²) in [5, 5.41) is 3.77. The molecule has 3 aromatic heterocycles. The van der Waals surface area contributed by atoms with E-state index in [4.69, 9.17) is 10.3 Å². The Bertz CT molecular complexity index is 741. The normalized spacial score (nSPS) is 10.5. The number of pyridine rings is 2. The first-order chi connectivity index (χ1) is 9.25. The van der Waals surface area contributed by atoms with Crippen LogP contribution in [0, 0.1) is 0 Å². The Morgan fingerprint density at radius 2 is 2.11 bits per heavy atom. The largest absolute Gasteiger partial charge is 0.380 e. The zero-order valence-electron chi connectivity index (χ0n) is 9.83. The van der Waals surface area contributed by atoms with Gasteiger partial charge in [-0.05, 0) is 12.1 Å². The smallest absolute Gasteiger partial charge is 0.247 e. The van der Waals surface area contributed by atoms with Crippen molar-refractivity contribution >= 4 is 5.82 Å². The lowest BCUT2D eigenvalue weighted by molar-refractivity contribution is 0.436. The Hall–Kier alpha value is -2.89. The predicted molar refractivity (Wildman–Crippen MR) is 70.2 cm³/mol. The van der Waals surface area contributed by atoms with Crippen LogP contribution in [0.15, 0.2) is 52.2 Å². The number of anilines is 1. The van der Waals surface area contributed by atoms with Crippen molar-refractivity contribution in [2.75, 3.05) is 5.73 Å². The molecule has 0 aliphatic carbocycles. The Kier molecular flexibility index (Phi) is 2.60. The molecule has 0 spiro atoms. The number of H-pyrrole nitrogens is 1. The van der Waals surface area contributed by atoms with Crippen LogP contribution in [0.2, 0.25) is 0 Å². The van der Waals surface area contributed by atoms with Crippen LogP contribution in [0.25, 0.3) is 22.5 Å². The minimum absolute atomic E-state index is 0.181. The Balaban J connectivity index is 2.19. The monoisotopic (exact) mass is 254 g/mol. The summed E-state index contributed by atoms with van der Waals surface area (Å²) >= 11 is 0. The van der Waals surface area contributed by atoms with Crippen LogP contribution in [-0.2, 0) is 0 Å². The maximum absolute atomic E-state index is 11.1. The molecule has 6 nitrogen and oxygen atoms in total. The van der Waals surface area contributed by atoms with Crippen molar-refractivity contribution in [3.05, 3.63) is 53.2 Å². The molecule has 0 amide bonds. The molecule has 0 saturated carbocycles. The quantitative estimate of drug-likeness (QED) is 0.725. The van der Waals surface area contributed by atoms with Gasteiger partial charge in [-0.3, -0.25) is 9.78 Å². The third-order valence-corrected chi connectivity index (χ3v) is 2.72. The predicted octanol–water partition coefficient (Wildman–Crippen LogP) is 1.67. The molecule has 0 unspecified atom stereocenters. The second-order valence-electron chi connectivity index (χ2n) is 3.96. The Labute approximate surface area is 107 Å². The summed E-state index contributed by atoms with van der Waals surface area (Å²) in [7, 11) is 0. The molecule has 0 atom stereocenters. The van der Waals surface area contributed by atoms with Crippen molar-refractivity contribution in [1.29, 1.82) is 0 Å². The number of nitrogens with two attached hydrogens (primary N) is 1. The lowest BCUT2D eigenvalue weighted by Crippen LogP contribution is -2.01. The van der Waals surface area contributed by atoms with Gasteiger partial charge >= 0.3 is 0 Å². The number of hydrogen-bond donors (Lipinski definition) is 2. The third-order valence-electron chi connectivity index (χ3n) is 2.72. The topological polar surface area (TPSA) is 97.8 Å². The van der Waals surface area contributed by atoms with E-state index in [-0.39, 0.29) is 11.4 Å². The van der Waals surface area contributed by atoms with Crippen LogP contribution in [0.4, 0.5) is 5.82 Å². The van der Waals surface area contributed by atoms with Gasteiger partial charge in [0.05, 0.1) is 5.56 Å². The zero-order chi connectivity index (χ0) is 13.2. The van der Waals surface area contributed by atoms with E-state index < -0.39 is 0 Å². The van der Waals surface area contributed by atoms with E-state index in [9.17, 15) is 4.79 Å². The second kappa shape index (κ2) is 4.41. The van der Waals surface area contributed by atoms with Gasteiger partial charge in [0.2, 0.25) is 5.56 Å². The van der Waals surface area contributed by atoms with E-state index in [2.05, 4.69) is 15.1 Å². The molecule has 3 aromatic rings. The number of rotatable bonds is 2. The maximum atomic E-state index is 11.1. The number of hydrogen-bond acceptors (Lipinski definition) is 5. The van der Waals surface area contributed by atoms with E-state index in [1.807, 2.05) is 6.07 Å². The number of nitrogen functional groups attached to an aromatic ring is 1. The van der Waals surface area contributed by atoms with Crippen LogP contribution >= 0.6 is 0 Å². The van der Waals surface area contributed by atoms with Gasteiger partial charge < -0.3 is 15.2 Å². The minimum atomic E-state index is -0.181. The average molecular weight is 254 g/mol. The van der Waals surface area contributed by atoms with Gasteiger partial charge in [-0.25, -0.2) is 0 Å². The molecule has 94 valence electrons. The average Bonchev–Trinajstić information content (AvgIpc) is 2.82. The number of aromatic amines is 1. The molecule has 0 saturated heterocycles. The van der Waals surface area contributed by atoms with Crippen LogP contribution in [0.3, 0.4) is 0 Å². The Morgan fingerprint density at radius 1 is 1.21 bits per heavy atom. The lowest BCUT2D eigenvalue weighted by atomic mass is 10.0. The molecule has 3 heterocycles. The molecule has 0 aromatic carbocycles. The first kappa shape index (κ1) is 11.2. The van der Waals surface area contributed by atoms with Gasteiger partial charge in [0, 0.05) is 35.8 Å². The highest BCUT2D eigenvalue weighted by Crippen LogP contribution is 2.35. The van der Waals surface area contributed by atoms with Gasteiger partial charge in [-0.2, -0.15) is 0 Å². The van der Waals surface area contributed by atoms with Crippen molar-refractivity contribution in [2.45, 2.75) is 0 Å². The van der Waals surface area contributed by atoms with E-state index in [1.165, 1.54) is 6.07 Å². The van der Waals surface area contributed by atoms with Crippen molar-refractivity contribution in [1.82, 2.24) is 15.1 Å². The number of nitrogens with zero attached hydrogens (tertiary/aromatic N) is 2. The highest BCUT2D eigenvalue weighted by Gasteiger charge is 2.17. The zero-order valence-corrected chi connectivity index (χ0v) is 9.83. The van der Waals surface area contributed by atoms with Crippen molar-refractivity contribution in [2.24, 2.45) is 0 Å². The molecule has 3 rings (SSSR count). The molecule has 0 aliphatic rings. The summed E-state index contributed by atoms with van der Waals surface area (Å²) in [6.07, 6.45) is 4.91. The van der Waals surface area contributed by atoms with Crippen LogP contribution in [0.5, 0.6) is 0 Å². The van der Waals surface area contributed by atoms with Gasteiger partial charge in [-0.1, -0.05) is 11.2 Å². The molecule has 0 aliphatic heterocycles. The first-order valence-electron chi connectivity index (χ1n) is 5.60. The highest BCUT2D eigenvalue weighted by molar-refractivity contribution is 5.85. The van der Waals surface area contributed by atoms with Crippen molar-refractivity contribution < 1.29 is 4.52 Å². The van der Waals surface area contributed by atoms with Crippen molar-refractivity contribution in [3.8, 4) is 22.5 Å². The van der Waals surface area contributed by atoms with Gasteiger partial charge in [-0.15, -0.1) is 0 Å². The molecular weight excluding hydrogens is 244 g/mol. The number of aromatic nitrogens is 3. The number of nitrogens with one attached hydrogen (secondary N) is 1. The highest BCUT2D eigenvalue weighted by atomic mass is 16.5. The summed E-state index contributed by atoms with van der Waals surface area (Å²) in [6.45, 7) is 0. The lowest BCUT2D eigenvalue weighted by Gasteiger charge is -2.01. The molecule has 0 bridgehead atoms. The van der Waals surface area contributed by atoms with E-state index >= 15 is 0 Å². The van der Waals surface area contributed by atoms with Crippen molar-refractivity contribution in [3.63, 3.8) is 0 Å². The Morgan fingerprint density at radius 3 is 2.79 bits per heavy atom. The fourth-order valence-corrected chi connectivity index (χ4v) is 1.84. The molecule has 0 fully saturated rings. The van der Waals surface area contributed by atoms with E-state index in [1.54, 1.807) is 30.7 Å². The van der Waals surface area contributed by atoms with E-state index in [0.29, 0.717) is 16.9 Å². The fourth-order valence-electron chi connectivity index (χ4n) is 1.84. The van der Waals surface area contributed by atoms with E-state index in [0.717, 1.165) is 5.56 Å². The second-order valence-corrected chi connectivity index (χ2v) is 3.96. The summed E-state index contributed by atoms with van der Waals surface area (Å²) in [5.41, 5.74) is 7.83. The minimum Gasteiger partial charge on any atom is -0.380 e. The van der Waals surface area contributed by atoms with Crippen LogP contribution < -0.4 is 11.3 Å². The summed E-state index contributed by atoms with van der Waals surface area (Å²) < 4.78 is 5.25. The van der Waals surface area contributed by atoms with Gasteiger partial charge in [0.1, 0.15) is 0 Å². The summed E-state index contributed by atoms with van der Waals surface area (Å²) in [6, 6.07) is 6.74. The molecule has 6 heteroatoms. The summed E-state index contributed by atoms with van der Waals surface area (Å²) in [5.74, 6) is 0.788. The third kappa shape index (κ3) is 1.99. The van der Waals surface area contributed by atoms with Gasteiger partial charge in [0.25, 0.3) is 0 Å². The summed E-state index contributed by atoms with van der Waals surface area (Å²) in [4.78, 5) is 17.7. The first-order valence-corrected chi connectivity index (χ1v) is 5.60. The maximum Gasteiger partial charge on any atom is 0.247 e. The van der Waals surface area contributed by atoms with Crippen LogP contribution in [0.1, 0.15) is 0 Å². The molecule has 0 radical (unpaired) electrons. The fraction of sp³-hybridized carbons (Fsp3) is 0. The molecular formula is C13H10N4O2. The standard InChI is InChI=1S/C13H10N4O2/c14-13-11(8-2-1-5-15-6-8)12(19-17-13)9-3-4-10(18)16-7-9/h1-7H,(H2,14,17)(H,16,18). The van der Waals surface area contributed by atoms with Crippen LogP contribution in [-0.4, -0.2) is 15.1 Å². The van der Waals surface area contributed by atoms with Gasteiger partial charge in [0.15, 0.2) is 11.6 Å². The molecule has 19 heavy (non-hydrogen) atoms.